The van der Waals surface area contributed by atoms with Gasteiger partial charge in [0.25, 0.3) is 0 Å². The molecule has 0 aromatic heterocycles. The number of amides is 2. The van der Waals surface area contributed by atoms with Crippen LogP contribution in [0.3, 0.4) is 0 Å². The molecule has 6 heteroatoms. The Labute approximate surface area is 175 Å². The van der Waals surface area contributed by atoms with Crippen molar-refractivity contribution in [3.8, 4) is 0 Å². The molecule has 0 saturated carbocycles. The Bertz CT molecular complexity index is 978. The highest BCUT2D eigenvalue weighted by atomic mass is 32.2. The second kappa shape index (κ2) is 7.10. The molecule has 2 aromatic rings. The van der Waals surface area contributed by atoms with Crippen LogP contribution >= 0.6 is 11.8 Å². The van der Waals surface area contributed by atoms with Gasteiger partial charge in [0.05, 0.1) is 4.87 Å². The Morgan fingerprint density at radius 2 is 1.97 bits per heavy atom. The van der Waals surface area contributed by atoms with E-state index < -0.39 is 0 Å². The average Bonchev–Trinajstić information content (AvgIpc) is 3.37. The summed E-state index contributed by atoms with van der Waals surface area (Å²) >= 11 is 1.72. The van der Waals surface area contributed by atoms with Crippen molar-refractivity contribution in [1.29, 1.82) is 0 Å². The summed E-state index contributed by atoms with van der Waals surface area (Å²) < 4.78 is 0. The van der Waals surface area contributed by atoms with Crippen molar-refractivity contribution in [2.75, 3.05) is 22.5 Å². The minimum Gasteiger partial charge on any atom is -0.367 e. The summed E-state index contributed by atoms with van der Waals surface area (Å²) in [6.45, 7) is 3.82. The van der Waals surface area contributed by atoms with Crippen molar-refractivity contribution in [3.63, 3.8) is 0 Å². The molecule has 3 aliphatic heterocycles. The summed E-state index contributed by atoms with van der Waals surface area (Å²) in [7, 11) is 0. The van der Waals surface area contributed by atoms with Crippen molar-refractivity contribution in [2.24, 2.45) is 0 Å². The minimum absolute atomic E-state index is 0.0780. The predicted octanol–water partition coefficient (Wildman–Crippen LogP) is 3.64. The number of fused-ring (bicyclic) bond motifs is 2. The number of para-hydroxylation sites is 2. The molecule has 3 aliphatic rings. The molecule has 150 valence electrons. The summed E-state index contributed by atoms with van der Waals surface area (Å²) in [6, 6.07) is 16.1. The fraction of sp³-hybridized carbons (Fsp3) is 0.391. The molecule has 2 fully saturated rings. The van der Waals surface area contributed by atoms with Crippen LogP contribution in [-0.2, 0) is 22.6 Å². The van der Waals surface area contributed by atoms with Crippen LogP contribution in [0.5, 0.6) is 0 Å². The summed E-state index contributed by atoms with van der Waals surface area (Å²) in [5.74, 6) is 0.681. The number of carbonyl (C=O) groups is 2. The minimum atomic E-state index is -0.388. The van der Waals surface area contributed by atoms with Gasteiger partial charge in [-0.1, -0.05) is 36.4 Å². The lowest BCUT2D eigenvalue weighted by Gasteiger charge is -2.30. The van der Waals surface area contributed by atoms with Gasteiger partial charge in [-0.2, -0.15) is 0 Å². The highest BCUT2D eigenvalue weighted by Crippen LogP contribution is 2.47. The Morgan fingerprint density at radius 3 is 2.86 bits per heavy atom. The number of thioether (sulfide) groups is 1. The maximum absolute atomic E-state index is 13.1. The molecular weight excluding hydrogens is 382 g/mol. The van der Waals surface area contributed by atoms with E-state index in [2.05, 4.69) is 47.5 Å². The predicted molar refractivity (Wildman–Crippen MR) is 117 cm³/mol. The smallest absolute Gasteiger partial charge is 0.248 e. The first-order chi connectivity index (χ1) is 14.0. The third-order valence-electron chi connectivity index (χ3n) is 6.37. The summed E-state index contributed by atoms with van der Waals surface area (Å²) in [4.78, 5) is 29.4. The Balaban J connectivity index is 1.34. The van der Waals surface area contributed by atoms with Crippen molar-refractivity contribution >= 4 is 35.0 Å². The van der Waals surface area contributed by atoms with Gasteiger partial charge in [0.1, 0.15) is 6.04 Å². The zero-order valence-electron chi connectivity index (χ0n) is 16.6. The number of rotatable bonds is 4. The van der Waals surface area contributed by atoms with Crippen molar-refractivity contribution in [3.05, 3.63) is 59.7 Å². The van der Waals surface area contributed by atoms with Gasteiger partial charge >= 0.3 is 0 Å². The second-order valence-electron chi connectivity index (χ2n) is 8.21. The number of hydrogen-bond donors (Lipinski definition) is 1. The topological polar surface area (TPSA) is 52.7 Å². The normalized spacial score (nSPS) is 25.3. The third-order valence-corrected chi connectivity index (χ3v) is 7.87. The van der Waals surface area contributed by atoms with E-state index in [1.807, 2.05) is 23.1 Å². The lowest BCUT2D eigenvalue weighted by atomic mass is 10.1. The summed E-state index contributed by atoms with van der Waals surface area (Å²) in [6.07, 6.45) is 2.42. The van der Waals surface area contributed by atoms with Gasteiger partial charge in [0.15, 0.2) is 0 Å². The monoisotopic (exact) mass is 407 g/mol. The average molecular weight is 408 g/mol. The fourth-order valence-corrected chi connectivity index (χ4v) is 6.22. The third kappa shape index (κ3) is 3.19. The first-order valence-electron chi connectivity index (χ1n) is 10.2. The molecule has 0 aliphatic carbocycles. The van der Waals surface area contributed by atoms with E-state index in [1.54, 1.807) is 11.8 Å². The van der Waals surface area contributed by atoms with Crippen LogP contribution in [0.4, 0.5) is 11.4 Å². The van der Waals surface area contributed by atoms with E-state index in [-0.39, 0.29) is 22.7 Å². The van der Waals surface area contributed by atoms with E-state index in [0.717, 1.165) is 37.2 Å². The SMILES string of the molecule is CC12CCC(=O)N1C(C(=O)Nc1ccccc1CN1CCc3ccccc31)CS2. The molecule has 1 N–H and O–H groups in total. The van der Waals surface area contributed by atoms with Gasteiger partial charge in [-0.15, -0.1) is 11.8 Å². The lowest BCUT2D eigenvalue weighted by Crippen LogP contribution is -2.48. The van der Waals surface area contributed by atoms with Crippen molar-refractivity contribution < 1.29 is 9.59 Å². The molecule has 5 rings (SSSR count). The molecule has 5 nitrogen and oxygen atoms in total. The quantitative estimate of drug-likeness (QED) is 0.841. The van der Waals surface area contributed by atoms with E-state index in [4.69, 9.17) is 0 Å². The van der Waals surface area contributed by atoms with Gasteiger partial charge < -0.3 is 15.1 Å². The van der Waals surface area contributed by atoms with E-state index in [0.29, 0.717) is 12.2 Å². The van der Waals surface area contributed by atoms with Crippen LogP contribution in [0.25, 0.3) is 0 Å². The number of nitrogens with one attached hydrogen (secondary N) is 1. The maximum atomic E-state index is 13.1. The van der Waals surface area contributed by atoms with Crippen molar-refractivity contribution in [1.82, 2.24) is 4.90 Å². The first kappa shape index (κ1) is 18.6. The summed E-state index contributed by atoms with van der Waals surface area (Å²) in [5, 5.41) is 3.13. The number of nitrogens with zero attached hydrogens (tertiary/aromatic N) is 2. The molecule has 29 heavy (non-hydrogen) atoms. The maximum Gasteiger partial charge on any atom is 0.248 e. The summed E-state index contributed by atoms with van der Waals surface area (Å²) in [5.41, 5.74) is 4.59. The molecule has 2 saturated heterocycles. The van der Waals surface area contributed by atoms with Crippen LogP contribution in [0.1, 0.15) is 30.9 Å². The number of carbonyl (C=O) groups excluding carboxylic acids is 2. The van der Waals surface area contributed by atoms with Gasteiger partial charge in [-0.25, -0.2) is 0 Å². The molecular formula is C23H25N3O2S. The van der Waals surface area contributed by atoms with Crippen molar-refractivity contribution in [2.45, 2.75) is 43.6 Å². The Morgan fingerprint density at radius 1 is 1.17 bits per heavy atom. The Kier molecular flexibility index (Phi) is 4.54. The Hall–Kier alpha value is -2.47. The van der Waals surface area contributed by atoms with E-state index in [9.17, 15) is 9.59 Å². The van der Waals surface area contributed by atoms with Crippen LogP contribution < -0.4 is 10.2 Å². The van der Waals surface area contributed by atoms with E-state index >= 15 is 0 Å². The fourth-order valence-electron chi connectivity index (χ4n) is 4.79. The molecule has 2 amide bonds. The number of anilines is 2. The van der Waals surface area contributed by atoms with Crippen LogP contribution in [-0.4, -0.2) is 39.9 Å². The standard InChI is InChI=1S/C23H25N3O2S/c1-23-12-10-21(27)26(23)20(15-29-23)22(28)24-18-8-4-2-7-17(18)14-25-13-11-16-6-3-5-9-19(16)25/h2-9,20H,10-15H2,1H3,(H,24,28). The van der Waals surface area contributed by atoms with Gasteiger partial charge in [0.2, 0.25) is 11.8 Å². The van der Waals surface area contributed by atoms with Gasteiger partial charge in [0, 0.05) is 36.6 Å². The molecule has 2 atom stereocenters. The van der Waals surface area contributed by atoms with Crippen LogP contribution in [0, 0.1) is 0 Å². The lowest BCUT2D eigenvalue weighted by molar-refractivity contribution is -0.135. The molecule has 2 aromatic carbocycles. The first-order valence-corrected chi connectivity index (χ1v) is 11.2. The second-order valence-corrected chi connectivity index (χ2v) is 9.71. The molecule has 0 bridgehead atoms. The highest BCUT2D eigenvalue weighted by molar-refractivity contribution is 8.01. The van der Waals surface area contributed by atoms with E-state index in [1.165, 1.54) is 11.3 Å². The van der Waals surface area contributed by atoms with Gasteiger partial charge in [-0.3, -0.25) is 9.59 Å². The largest absolute Gasteiger partial charge is 0.367 e. The molecule has 2 unspecified atom stereocenters. The number of benzene rings is 2. The van der Waals surface area contributed by atoms with Crippen LogP contribution in [0.2, 0.25) is 0 Å². The van der Waals surface area contributed by atoms with Crippen LogP contribution in [0.15, 0.2) is 48.5 Å². The zero-order valence-corrected chi connectivity index (χ0v) is 17.4. The highest BCUT2D eigenvalue weighted by Gasteiger charge is 2.52. The molecule has 0 radical (unpaired) electrons. The molecule has 3 heterocycles. The molecule has 0 spiro atoms. The zero-order chi connectivity index (χ0) is 20.0. The van der Waals surface area contributed by atoms with Gasteiger partial charge in [-0.05, 0) is 43.0 Å². The number of hydrogen-bond acceptors (Lipinski definition) is 4.